The van der Waals surface area contributed by atoms with E-state index in [9.17, 15) is 4.79 Å². The number of thioether (sulfide) groups is 1. The zero-order valence-electron chi connectivity index (χ0n) is 13.4. The Bertz CT molecular complexity index is 583. The lowest BCUT2D eigenvalue weighted by molar-refractivity contribution is -0.145. The number of alkyl halides is 2. The first-order valence-corrected chi connectivity index (χ1v) is 9.74. The summed E-state index contributed by atoms with van der Waals surface area (Å²) in [5, 5.41) is 0. The number of ether oxygens (including phenoxy) is 1. The van der Waals surface area contributed by atoms with E-state index in [-0.39, 0.29) is 11.8 Å². The molecule has 2 aliphatic rings. The smallest absolute Gasteiger partial charge is 0.266 e. The van der Waals surface area contributed by atoms with Gasteiger partial charge >= 0.3 is 0 Å². The van der Waals surface area contributed by atoms with Crippen molar-refractivity contribution in [3.8, 4) is 5.75 Å². The van der Waals surface area contributed by atoms with Crippen molar-refractivity contribution in [1.29, 1.82) is 0 Å². The molecule has 3 nitrogen and oxygen atoms in total. The monoisotopic (exact) mass is 373 g/mol. The normalized spacial score (nSPS) is 23.5. The van der Waals surface area contributed by atoms with E-state index in [2.05, 4.69) is 0 Å². The zero-order valence-corrected chi connectivity index (χ0v) is 15.7. The molecule has 126 valence electrons. The van der Waals surface area contributed by atoms with Crippen molar-refractivity contribution in [2.45, 2.75) is 36.1 Å². The lowest BCUT2D eigenvalue weighted by atomic mass is 10.1. The lowest BCUT2D eigenvalue weighted by Gasteiger charge is -2.34. The minimum Gasteiger partial charge on any atom is -0.478 e. The Kier molecular flexibility index (Phi) is 4.78. The number of benzene rings is 1. The fourth-order valence-electron chi connectivity index (χ4n) is 2.83. The van der Waals surface area contributed by atoms with E-state index in [1.807, 2.05) is 54.8 Å². The number of nitrogens with zero attached hydrogens (tertiary/aromatic N) is 1. The van der Waals surface area contributed by atoms with Gasteiger partial charge in [-0.05, 0) is 38.0 Å². The maximum Gasteiger partial charge on any atom is 0.266 e. The van der Waals surface area contributed by atoms with Crippen LogP contribution in [0, 0.1) is 0 Å². The molecule has 1 aromatic rings. The van der Waals surface area contributed by atoms with Crippen LogP contribution in [0.25, 0.3) is 0 Å². The Labute approximate surface area is 151 Å². The van der Waals surface area contributed by atoms with E-state index in [0.29, 0.717) is 5.75 Å². The minimum absolute atomic E-state index is 0.0459. The predicted octanol–water partition coefficient (Wildman–Crippen LogP) is 4.08. The van der Waals surface area contributed by atoms with Gasteiger partial charge in [0.15, 0.2) is 5.60 Å². The van der Waals surface area contributed by atoms with Gasteiger partial charge < -0.3 is 9.64 Å². The highest BCUT2D eigenvalue weighted by Gasteiger charge is 2.52. The second kappa shape index (κ2) is 6.38. The van der Waals surface area contributed by atoms with Crippen molar-refractivity contribution in [2.75, 3.05) is 24.6 Å². The first-order chi connectivity index (χ1) is 10.8. The molecule has 3 rings (SSSR count). The molecule has 23 heavy (non-hydrogen) atoms. The van der Waals surface area contributed by atoms with E-state index < -0.39 is 9.93 Å². The lowest BCUT2D eigenvalue weighted by Crippen LogP contribution is -2.51. The summed E-state index contributed by atoms with van der Waals surface area (Å²) in [6, 6.07) is 7.73. The van der Waals surface area contributed by atoms with E-state index in [4.69, 9.17) is 27.9 Å². The molecule has 1 aliphatic heterocycles. The van der Waals surface area contributed by atoms with Crippen LogP contribution in [0.5, 0.6) is 5.75 Å². The number of amides is 1. The maximum absolute atomic E-state index is 12.7. The van der Waals surface area contributed by atoms with Crippen LogP contribution < -0.4 is 4.74 Å². The van der Waals surface area contributed by atoms with Crippen LogP contribution in [0.3, 0.4) is 0 Å². The van der Waals surface area contributed by atoms with Crippen molar-refractivity contribution in [1.82, 2.24) is 4.90 Å². The van der Waals surface area contributed by atoms with Gasteiger partial charge in [-0.2, -0.15) is 11.8 Å². The summed E-state index contributed by atoms with van der Waals surface area (Å²) in [4.78, 5) is 14.5. The Morgan fingerprint density at radius 3 is 2.35 bits per heavy atom. The average molecular weight is 374 g/mol. The molecule has 1 amide bonds. The van der Waals surface area contributed by atoms with Crippen LogP contribution >= 0.6 is 35.0 Å². The van der Waals surface area contributed by atoms with Gasteiger partial charge in [0.25, 0.3) is 5.91 Å². The standard InChI is InChI=1S/C17H21Cl2NO2S/c1-16(2,15(21)20-7-9-23-10-8-20)22-13-5-3-12(4-6-13)14-11-17(14,18)19/h3-6,14H,7-11H2,1-2H3. The number of carbonyl (C=O) groups is 1. The second-order valence-corrected chi connectivity index (χ2v) is 9.37. The number of hydrogen-bond acceptors (Lipinski definition) is 3. The van der Waals surface area contributed by atoms with Crippen molar-refractivity contribution in [3.63, 3.8) is 0 Å². The summed E-state index contributed by atoms with van der Waals surface area (Å²) in [7, 11) is 0. The Morgan fingerprint density at radius 1 is 1.26 bits per heavy atom. The molecule has 0 aromatic heterocycles. The Balaban J connectivity index is 1.64. The summed E-state index contributed by atoms with van der Waals surface area (Å²) < 4.78 is 5.34. The van der Waals surface area contributed by atoms with Gasteiger partial charge in [0.1, 0.15) is 10.1 Å². The van der Waals surface area contributed by atoms with Crippen molar-refractivity contribution in [3.05, 3.63) is 29.8 Å². The Morgan fingerprint density at radius 2 is 1.83 bits per heavy atom. The molecule has 1 unspecified atom stereocenters. The van der Waals surface area contributed by atoms with Gasteiger partial charge in [-0.1, -0.05) is 12.1 Å². The first-order valence-electron chi connectivity index (χ1n) is 7.83. The third-order valence-corrected chi connectivity index (χ3v) is 6.07. The van der Waals surface area contributed by atoms with Crippen LogP contribution in [-0.4, -0.2) is 45.3 Å². The van der Waals surface area contributed by atoms with Crippen molar-refractivity contribution in [2.24, 2.45) is 0 Å². The van der Waals surface area contributed by atoms with Crippen LogP contribution in [0.15, 0.2) is 24.3 Å². The average Bonchev–Trinajstić information content (AvgIpc) is 3.16. The molecule has 1 saturated carbocycles. The number of hydrogen-bond donors (Lipinski definition) is 0. The minimum atomic E-state index is -0.869. The molecule has 6 heteroatoms. The van der Waals surface area contributed by atoms with E-state index in [1.54, 1.807) is 0 Å². The van der Waals surface area contributed by atoms with Crippen LogP contribution in [0.4, 0.5) is 0 Å². The van der Waals surface area contributed by atoms with Crippen LogP contribution in [0.2, 0.25) is 0 Å². The maximum atomic E-state index is 12.7. The fourth-order valence-corrected chi connectivity index (χ4v) is 4.29. The molecule has 0 N–H and O–H groups in total. The predicted molar refractivity (Wildman–Crippen MR) is 96.8 cm³/mol. The molecule has 1 saturated heterocycles. The Hall–Kier alpha value is -0.580. The van der Waals surface area contributed by atoms with Gasteiger partial charge in [0.2, 0.25) is 0 Å². The fraction of sp³-hybridized carbons (Fsp3) is 0.588. The SMILES string of the molecule is CC(C)(Oc1ccc(C2CC2(Cl)Cl)cc1)C(=O)N1CCSCC1. The summed E-state index contributed by atoms with van der Waals surface area (Å²) in [6.07, 6.45) is 0.785. The van der Waals surface area contributed by atoms with Gasteiger partial charge in [-0.15, -0.1) is 23.2 Å². The molecule has 2 fully saturated rings. The van der Waals surface area contributed by atoms with E-state index >= 15 is 0 Å². The molecule has 0 spiro atoms. The molecule has 1 heterocycles. The zero-order chi connectivity index (χ0) is 16.7. The highest BCUT2D eigenvalue weighted by Crippen LogP contribution is 2.59. The molecule has 0 radical (unpaired) electrons. The summed E-state index contributed by atoms with van der Waals surface area (Å²) in [5.41, 5.74) is 0.241. The molecule has 1 aliphatic carbocycles. The van der Waals surface area contributed by atoms with Gasteiger partial charge in [0.05, 0.1) is 0 Å². The highest BCUT2D eigenvalue weighted by molar-refractivity contribution is 7.99. The first kappa shape index (κ1) is 17.2. The van der Waals surface area contributed by atoms with Gasteiger partial charge in [-0.25, -0.2) is 0 Å². The molecular formula is C17H21Cl2NO2S. The van der Waals surface area contributed by atoms with Crippen LogP contribution in [-0.2, 0) is 4.79 Å². The topological polar surface area (TPSA) is 29.5 Å². The largest absolute Gasteiger partial charge is 0.478 e. The van der Waals surface area contributed by atoms with Crippen molar-refractivity contribution < 1.29 is 9.53 Å². The number of rotatable bonds is 4. The quantitative estimate of drug-likeness (QED) is 0.744. The van der Waals surface area contributed by atoms with Crippen LogP contribution in [0.1, 0.15) is 31.7 Å². The molecular weight excluding hydrogens is 353 g/mol. The number of halogens is 2. The molecule has 1 aromatic carbocycles. The van der Waals surface area contributed by atoms with Crippen molar-refractivity contribution >= 4 is 40.9 Å². The molecule has 1 atom stereocenters. The third-order valence-electron chi connectivity index (χ3n) is 4.29. The second-order valence-electron chi connectivity index (χ2n) is 6.60. The highest BCUT2D eigenvalue weighted by atomic mass is 35.5. The van der Waals surface area contributed by atoms with Gasteiger partial charge in [-0.3, -0.25) is 4.79 Å². The number of carbonyl (C=O) groups excluding carboxylic acids is 1. The molecule has 0 bridgehead atoms. The third kappa shape index (κ3) is 3.92. The summed E-state index contributed by atoms with van der Waals surface area (Å²) in [6.45, 7) is 5.25. The summed E-state index contributed by atoms with van der Waals surface area (Å²) in [5.74, 6) is 2.92. The van der Waals surface area contributed by atoms with E-state index in [0.717, 1.165) is 36.6 Å². The summed E-state index contributed by atoms with van der Waals surface area (Å²) >= 11 is 14.1. The van der Waals surface area contributed by atoms with E-state index in [1.165, 1.54) is 0 Å². The van der Waals surface area contributed by atoms with Gasteiger partial charge in [0, 0.05) is 30.5 Å².